The molecule has 0 atom stereocenters. The highest BCUT2D eigenvalue weighted by molar-refractivity contribution is 7.98. The summed E-state index contributed by atoms with van der Waals surface area (Å²) in [5.41, 5.74) is 9.44. The highest BCUT2D eigenvalue weighted by Gasteiger charge is 2.26. The van der Waals surface area contributed by atoms with Crippen LogP contribution in [0.4, 0.5) is 10.2 Å². The summed E-state index contributed by atoms with van der Waals surface area (Å²) in [5.74, 6) is -1.67. The molecule has 0 bridgehead atoms. The van der Waals surface area contributed by atoms with Crippen LogP contribution in [0, 0.1) is 28.5 Å². The summed E-state index contributed by atoms with van der Waals surface area (Å²) in [7, 11) is 0. The Kier molecular flexibility index (Phi) is 8.59. The summed E-state index contributed by atoms with van der Waals surface area (Å²) in [6.45, 7) is 0. The number of carboxylic acids is 1. The minimum atomic E-state index is -1.18. The van der Waals surface area contributed by atoms with Crippen LogP contribution < -0.4 is 11.4 Å². The van der Waals surface area contributed by atoms with Crippen LogP contribution in [-0.2, 0) is 0 Å². The number of nitriles is 2. The third-order valence-corrected chi connectivity index (χ3v) is 9.53. The molecule has 0 amide bonds. The lowest BCUT2D eigenvalue weighted by Gasteiger charge is -2.16. The van der Waals surface area contributed by atoms with Gasteiger partial charge in [-0.05, 0) is 96.4 Å². The second kappa shape index (κ2) is 13.3. The molecule has 0 spiro atoms. The molecule has 2 aromatic heterocycles. The average molecular weight is 709 g/mol. The zero-order valence-corrected chi connectivity index (χ0v) is 27.8. The van der Waals surface area contributed by atoms with Gasteiger partial charge in [-0.2, -0.15) is 15.5 Å². The number of carbonyl (C=O) groups is 1. The third kappa shape index (κ3) is 6.08. The molecular formula is C39H22ClFN6O3S. The van der Waals surface area contributed by atoms with Crippen molar-refractivity contribution in [2.45, 2.75) is 4.90 Å². The van der Waals surface area contributed by atoms with Gasteiger partial charge in [0.15, 0.2) is 0 Å². The van der Waals surface area contributed by atoms with Gasteiger partial charge in [0, 0.05) is 43.8 Å². The van der Waals surface area contributed by atoms with Crippen LogP contribution in [0.3, 0.4) is 0 Å². The van der Waals surface area contributed by atoms with E-state index in [0.29, 0.717) is 49.4 Å². The molecule has 12 heteroatoms. The number of anilines is 1. The number of hydrogen-bond donors (Lipinski definition) is 2. The summed E-state index contributed by atoms with van der Waals surface area (Å²) in [6, 6.07) is 34.0. The summed E-state index contributed by atoms with van der Waals surface area (Å²) >= 11 is 7.54. The maximum absolute atomic E-state index is 15.1. The molecule has 246 valence electrons. The lowest BCUT2D eigenvalue weighted by molar-refractivity contribution is 0.0697. The van der Waals surface area contributed by atoms with Crippen molar-refractivity contribution >= 4 is 46.2 Å². The van der Waals surface area contributed by atoms with Gasteiger partial charge < -0.3 is 10.8 Å². The molecule has 51 heavy (non-hydrogen) atoms. The van der Waals surface area contributed by atoms with Crippen LogP contribution in [0.1, 0.15) is 21.5 Å². The maximum Gasteiger partial charge on any atom is 0.354 e. The zero-order valence-electron chi connectivity index (χ0n) is 26.2. The quantitative estimate of drug-likeness (QED) is 0.167. The van der Waals surface area contributed by atoms with Crippen molar-refractivity contribution in [2.75, 3.05) is 5.73 Å². The summed E-state index contributed by atoms with van der Waals surface area (Å²) in [4.78, 5) is 29.6. The zero-order chi connectivity index (χ0) is 35.8. The first-order valence-electron chi connectivity index (χ1n) is 15.2. The van der Waals surface area contributed by atoms with Crippen LogP contribution in [-0.4, -0.2) is 24.6 Å². The molecule has 0 radical (unpaired) electrons. The maximum atomic E-state index is 15.1. The Morgan fingerprint density at radius 3 is 2.25 bits per heavy atom. The van der Waals surface area contributed by atoms with Crippen molar-refractivity contribution in [1.82, 2.24) is 13.5 Å². The Morgan fingerprint density at radius 1 is 0.863 bits per heavy atom. The SMILES string of the molecule is N#Cc1cccc(C#N)c1-c1c(-c2cccc(-c3ccc(C(=O)O)cc3-n3ccc(N)nc3=O)c2)n(Sc2ccc(Cl)cc2)c2ccc(F)cc12. The highest BCUT2D eigenvalue weighted by Crippen LogP contribution is 2.47. The molecule has 0 fully saturated rings. The second-order valence-electron chi connectivity index (χ2n) is 11.3. The van der Waals surface area contributed by atoms with Crippen molar-refractivity contribution in [3.8, 4) is 51.3 Å². The van der Waals surface area contributed by atoms with Gasteiger partial charge in [-0.1, -0.05) is 41.9 Å². The van der Waals surface area contributed by atoms with Gasteiger partial charge in [0.25, 0.3) is 0 Å². The van der Waals surface area contributed by atoms with Crippen LogP contribution >= 0.6 is 23.5 Å². The lowest BCUT2D eigenvalue weighted by atomic mass is 9.90. The predicted molar refractivity (Wildman–Crippen MR) is 195 cm³/mol. The number of halogens is 2. The number of nitrogens with two attached hydrogens (primary N) is 1. The van der Waals surface area contributed by atoms with Crippen molar-refractivity contribution in [3.05, 3.63) is 153 Å². The third-order valence-electron chi connectivity index (χ3n) is 8.23. The fraction of sp³-hybridized carbons (Fsp3) is 0. The Labute approximate surface area is 299 Å². The van der Waals surface area contributed by atoms with Gasteiger partial charge in [-0.25, -0.2) is 14.0 Å². The average Bonchev–Trinajstić information content (AvgIpc) is 3.44. The summed E-state index contributed by atoms with van der Waals surface area (Å²) in [6.07, 6.45) is 1.43. The molecule has 0 saturated carbocycles. The minimum Gasteiger partial charge on any atom is -0.478 e. The molecule has 5 aromatic carbocycles. The Balaban J connectivity index is 1.56. The van der Waals surface area contributed by atoms with E-state index in [1.54, 1.807) is 54.6 Å². The number of nitrogen functional groups attached to an aromatic ring is 1. The van der Waals surface area contributed by atoms with Gasteiger partial charge in [0.05, 0.1) is 45.7 Å². The Bertz CT molecular complexity index is 2660. The fourth-order valence-electron chi connectivity index (χ4n) is 6.00. The van der Waals surface area contributed by atoms with E-state index in [1.807, 2.05) is 28.2 Å². The summed E-state index contributed by atoms with van der Waals surface area (Å²) in [5, 5.41) is 31.3. The number of hydrogen-bond acceptors (Lipinski definition) is 7. The standard InChI is InChI=1S/C39H22ClFN6O3S/c40-27-8-11-29(12-9-27)51-47-32-14-10-28(41)19-31(32)36(35-25(20-42)5-2-6-26(35)21-43)37(47)23-4-1-3-22(17-23)30-13-7-24(38(48)49)18-33(30)46-16-15-34(44)45-39(46)50/h1-19H,(H,48,49)(H2,44,45,50). The molecular weight excluding hydrogens is 687 g/mol. The number of fused-ring (bicyclic) bond motifs is 1. The number of benzene rings is 5. The second-order valence-corrected chi connectivity index (χ2v) is 12.8. The molecule has 3 N–H and O–H groups in total. The van der Waals surface area contributed by atoms with Crippen molar-refractivity contribution in [1.29, 1.82) is 10.5 Å². The van der Waals surface area contributed by atoms with E-state index >= 15 is 4.39 Å². The number of rotatable bonds is 7. The van der Waals surface area contributed by atoms with Crippen LogP contribution in [0.5, 0.6) is 0 Å². The molecule has 0 aliphatic rings. The van der Waals surface area contributed by atoms with Gasteiger partial charge >= 0.3 is 11.7 Å². The lowest BCUT2D eigenvalue weighted by Crippen LogP contribution is -2.22. The van der Waals surface area contributed by atoms with Crippen LogP contribution in [0.25, 0.3) is 50.1 Å². The van der Waals surface area contributed by atoms with E-state index in [1.165, 1.54) is 53.0 Å². The molecule has 9 nitrogen and oxygen atoms in total. The predicted octanol–water partition coefficient (Wildman–Crippen LogP) is 8.56. The van der Waals surface area contributed by atoms with Crippen molar-refractivity contribution in [3.63, 3.8) is 0 Å². The Morgan fingerprint density at radius 2 is 1.57 bits per heavy atom. The van der Waals surface area contributed by atoms with E-state index in [4.69, 9.17) is 17.3 Å². The van der Waals surface area contributed by atoms with Crippen molar-refractivity contribution in [2.24, 2.45) is 0 Å². The smallest absolute Gasteiger partial charge is 0.354 e. The molecule has 0 unspecified atom stereocenters. The number of aromatic carboxylic acids is 1. The van der Waals surface area contributed by atoms with Gasteiger partial charge in [-0.15, -0.1) is 0 Å². The molecule has 0 saturated heterocycles. The van der Waals surface area contributed by atoms with Gasteiger partial charge in [0.2, 0.25) is 0 Å². The molecule has 0 aliphatic carbocycles. The first-order chi connectivity index (χ1) is 24.7. The van der Waals surface area contributed by atoms with E-state index < -0.39 is 17.5 Å². The molecule has 7 aromatic rings. The number of aromatic nitrogens is 3. The van der Waals surface area contributed by atoms with E-state index in [9.17, 15) is 25.2 Å². The highest BCUT2D eigenvalue weighted by atomic mass is 35.5. The van der Waals surface area contributed by atoms with Gasteiger partial charge in [0.1, 0.15) is 11.6 Å². The normalized spacial score (nSPS) is 10.9. The largest absolute Gasteiger partial charge is 0.478 e. The van der Waals surface area contributed by atoms with Crippen LogP contribution in [0.2, 0.25) is 5.02 Å². The van der Waals surface area contributed by atoms with E-state index in [-0.39, 0.29) is 28.2 Å². The van der Waals surface area contributed by atoms with E-state index in [0.717, 1.165) is 4.90 Å². The Hall–Kier alpha value is -6.66. The minimum absolute atomic E-state index is 0.0126. The fourth-order valence-corrected chi connectivity index (χ4v) is 7.14. The topological polar surface area (TPSA) is 151 Å². The van der Waals surface area contributed by atoms with Gasteiger partial charge in [-0.3, -0.25) is 8.54 Å². The van der Waals surface area contributed by atoms with Crippen molar-refractivity contribution < 1.29 is 14.3 Å². The number of carboxylic acid groups (broad SMARTS) is 1. The van der Waals surface area contributed by atoms with E-state index in [2.05, 4.69) is 17.1 Å². The molecule has 7 rings (SSSR count). The number of nitrogens with zero attached hydrogens (tertiary/aromatic N) is 5. The summed E-state index contributed by atoms with van der Waals surface area (Å²) < 4.78 is 18.2. The first kappa shape index (κ1) is 32.9. The monoisotopic (exact) mass is 708 g/mol. The molecule has 0 aliphatic heterocycles. The molecule has 2 heterocycles. The van der Waals surface area contributed by atoms with Crippen LogP contribution in [0.15, 0.2) is 125 Å². The first-order valence-corrected chi connectivity index (χ1v) is 16.4.